The Kier molecular flexibility index (Phi) is 5.59. The van der Waals surface area contributed by atoms with Gasteiger partial charge in [-0.2, -0.15) is 0 Å². The maximum absolute atomic E-state index is 6.14. The Labute approximate surface area is 162 Å². The normalized spacial score (nSPS) is 10.4. The molecule has 0 spiro atoms. The maximum atomic E-state index is 6.14. The number of nitrogens with zero attached hydrogens (tertiary/aromatic N) is 2. The van der Waals surface area contributed by atoms with Crippen molar-refractivity contribution in [2.45, 2.75) is 6.54 Å². The largest absolute Gasteiger partial charge is 0.336 e. The smallest absolute Gasteiger partial charge is 0.0602 e. The average molecular weight is 387 g/mol. The average Bonchev–Trinajstić information content (AvgIpc) is 3.04. The molecule has 4 rings (SSSR count). The molecule has 0 unspecified atom stereocenters. The van der Waals surface area contributed by atoms with Gasteiger partial charge in [0.25, 0.3) is 0 Å². The van der Waals surface area contributed by atoms with Gasteiger partial charge < -0.3 is 4.90 Å². The Bertz CT molecular complexity index is 955. The van der Waals surface area contributed by atoms with Gasteiger partial charge in [-0.25, -0.2) is 0 Å². The van der Waals surface area contributed by atoms with E-state index >= 15 is 0 Å². The number of rotatable bonds is 4. The van der Waals surface area contributed by atoms with Gasteiger partial charge in [0.15, 0.2) is 0 Å². The third-order valence-corrected chi connectivity index (χ3v) is 5.13. The highest BCUT2D eigenvalue weighted by Crippen LogP contribution is 2.38. The molecular weight excluding hydrogens is 371 g/mol. The van der Waals surface area contributed by atoms with Crippen LogP contribution in [0.2, 0.25) is 5.02 Å². The Morgan fingerprint density at radius 3 is 2.48 bits per heavy atom. The fraction of sp³-hybridized carbons (Fsp3) is 0.0500. The van der Waals surface area contributed by atoms with Crippen molar-refractivity contribution in [3.63, 3.8) is 0 Å². The van der Waals surface area contributed by atoms with E-state index in [0.29, 0.717) is 0 Å². The van der Waals surface area contributed by atoms with Gasteiger partial charge in [0.2, 0.25) is 0 Å². The minimum atomic E-state index is 0. The zero-order valence-electron chi connectivity index (χ0n) is 13.3. The summed E-state index contributed by atoms with van der Waals surface area (Å²) in [5, 5.41) is 4.19. The standard InChI is InChI=1S/C20H15ClN2S.ClH/c21-16-6-7-18-19(14-24-20(18)12-16)23(17-8-10-22-11-9-17)13-15-4-2-1-3-5-15;/h1-12,14H,13H2;1H. The van der Waals surface area contributed by atoms with Crippen LogP contribution in [0.1, 0.15) is 5.56 Å². The van der Waals surface area contributed by atoms with Crippen molar-refractivity contribution >= 4 is 56.8 Å². The second-order valence-electron chi connectivity index (χ2n) is 5.54. The Morgan fingerprint density at radius 2 is 1.72 bits per heavy atom. The molecule has 2 aromatic carbocycles. The summed E-state index contributed by atoms with van der Waals surface area (Å²) in [5.41, 5.74) is 3.59. The first-order valence-electron chi connectivity index (χ1n) is 7.69. The highest BCUT2D eigenvalue weighted by molar-refractivity contribution is 7.17. The van der Waals surface area contributed by atoms with Crippen LogP contribution in [0.4, 0.5) is 11.4 Å². The van der Waals surface area contributed by atoms with Crippen LogP contribution in [0, 0.1) is 0 Å². The highest BCUT2D eigenvalue weighted by atomic mass is 35.5. The molecule has 25 heavy (non-hydrogen) atoms. The van der Waals surface area contributed by atoms with E-state index in [-0.39, 0.29) is 12.4 Å². The summed E-state index contributed by atoms with van der Waals surface area (Å²) in [7, 11) is 0. The summed E-state index contributed by atoms with van der Waals surface area (Å²) in [6.07, 6.45) is 3.66. The minimum Gasteiger partial charge on any atom is -0.336 e. The first kappa shape index (κ1) is 17.7. The van der Waals surface area contributed by atoms with E-state index < -0.39 is 0 Å². The van der Waals surface area contributed by atoms with Gasteiger partial charge >= 0.3 is 0 Å². The van der Waals surface area contributed by atoms with Gasteiger partial charge in [0.1, 0.15) is 0 Å². The van der Waals surface area contributed by atoms with Crippen molar-refractivity contribution in [2.24, 2.45) is 0 Å². The summed E-state index contributed by atoms with van der Waals surface area (Å²) in [5.74, 6) is 0. The van der Waals surface area contributed by atoms with Crippen molar-refractivity contribution < 1.29 is 0 Å². The molecule has 0 aliphatic heterocycles. The fourth-order valence-electron chi connectivity index (χ4n) is 2.80. The van der Waals surface area contributed by atoms with Crippen molar-refractivity contribution in [1.29, 1.82) is 0 Å². The molecule has 0 N–H and O–H groups in total. The summed E-state index contributed by atoms with van der Waals surface area (Å²) in [4.78, 5) is 6.47. The van der Waals surface area contributed by atoms with Crippen molar-refractivity contribution in [1.82, 2.24) is 4.98 Å². The molecule has 4 aromatic rings. The molecule has 0 atom stereocenters. The topological polar surface area (TPSA) is 16.1 Å². The Balaban J connectivity index is 0.00000182. The van der Waals surface area contributed by atoms with Crippen LogP contribution in [0.3, 0.4) is 0 Å². The molecule has 2 heterocycles. The van der Waals surface area contributed by atoms with Gasteiger partial charge in [0.05, 0.1) is 5.69 Å². The molecule has 0 amide bonds. The third kappa shape index (κ3) is 3.79. The van der Waals surface area contributed by atoms with Crippen molar-refractivity contribution in [3.8, 4) is 0 Å². The quantitative estimate of drug-likeness (QED) is 0.387. The number of hydrogen-bond acceptors (Lipinski definition) is 3. The fourth-order valence-corrected chi connectivity index (χ4v) is 4.03. The summed E-state index contributed by atoms with van der Waals surface area (Å²) < 4.78 is 1.20. The second kappa shape index (κ2) is 7.87. The lowest BCUT2D eigenvalue weighted by Gasteiger charge is -2.24. The molecule has 0 bridgehead atoms. The number of anilines is 2. The van der Waals surface area contributed by atoms with Crippen LogP contribution in [-0.2, 0) is 6.54 Å². The summed E-state index contributed by atoms with van der Waals surface area (Å²) in [6, 6.07) is 20.7. The van der Waals surface area contributed by atoms with E-state index in [1.54, 1.807) is 11.3 Å². The second-order valence-corrected chi connectivity index (χ2v) is 6.89. The lowest BCUT2D eigenvalue weighted by Crippen LogP contribution is -2.16. The van der Waals surface area contributed by atoms with Gasteiger partial charge in [-0.1, -0.05) is 41.9 Å². The molecule has 0 radical (unpaired) electrons. The van der Waals surface area contributed by atoms with Crippen LogP contribution in [0.15, 0.2) is 78.4 Å². The number of fused-ring (bicyclic) bond motifs is 1. The zero-order chi connectivity index (χ0) is 16.4. The van der Waals surface area contributed by atoms with Crippen LogP contribution in [0.5, 0.6) is 0 Å². The number of thiophene rings is 1. The van der Waals surface area contributed by atoms with Crippen LogP contribution in [0.25, 0.3) is 10.1 Å². The first-order valence-corrected chi connectivity index (χ1v) is 8.95. The van der Waals surface area contributed by atoms with Crippen molar-refractivity contribution in [3.05, 3.63) is 89.0 Å². The van der Waals surface area contributed by atoms with Crippen LogP contribution >= 0.6 is 35.3 Å². The van der Waals surface area contributed by atoms with Crippen LogP contribution < -0.4 is 4.90 Å². The molecule has 0 saturated carbocycles. The molecule has 2 aromatic heterocycles. The number of benzene rings is 2. The van der Waals surface area contributed by atoms with E-state index in [0.717, 1.165) is 17.3 Å². The van der Waals surface area contributed by atoms with E-state index in [1.807, 2.05) is 42.7 Å². The van der Waals surface area contributed by atoms with Gasteiger partial charge in [-0.05, 0) is 35.9 Å². The van der Waals surface area contributed by atoms with E-state index in [9.17, 15) is 0 Å². The van der Waals surface area contributed by atoms with Gasteiger partial charge in [0, 0.05) is 45.1 Å². The molecule has 0 aliphatic rings. The SMILES string of the molecule is Cl.Clc1ccc2c(N(Cc3ccccc3)c3ccncc3)csc2c1. The predicted molar refractivity (Wildman–Crippen MR) is 111 cm³/mol. The van der Waals surface area contributed by atoms with Crippen molar-refractivity contribution in [2.75, 3.05) is 4.90 Å². The summed E-state index contributed by atoms with van der Waals surface area (Å²) in [6.45, 7) is 0.805. The molecule has 0 saturated heterocycles. The molecule has 5 heteroatoms. The molecular formula is C20H16Cl2N2S. The Hall–Kier alpha value is -2.07. The zero-order valence-corrected chi connectivity index (χ0v) is 15.7. The number of aromatic nitrogens is 1. The molecule has 0 aliphatic carbocycles. The van der Waals surface area contributed by atoms with E-state index in [2.05, 4.69) is 45.6 Å². The molecule has 2 nitrogen and oxygen atoms in total. The van der Waals surface area contributed by atoms with E-state index in [1.165, 1.54) is 21.3 Å². The molecule has 0 fully saturated rings. The monoisotopic (exact) mass is 386 g/mol. The number of halogens is 2. The van der Waals surface area contributed by atoms with Gasteiger partial charge in [-0.15, -0.1) is 23.7 Å². The molecule has 126 valence electrons. The highest BCUT2D eigenvalue weighted by Gasteiger charge is 2.15. The van der Waals surface area contributed by atoms with E-state index in [4.69, 9.17) is 11.6 Å². The Morgan fingerprint density at radius 1 is 0.960 bits per heavy atom. The lowest BCUT2D eigenvalue weighted by molar-refractivity contribution is 0.980. The predicted octanol–water partition coefficient (Wildman–Crippen LogP) is 6.71. The van der Waals surface area contributed by atoms with Crippen LogP contribution in [-0.4, -0.2) is 4.98 Å². The first-order chi connectivity index (χ1) is 11.8. The lowest BCUT2D eigenvalue weighted by atomic mass is 10.1. The number of pyridine rings is 1. The minimum absolute atomic E-state index is 0. The number of hydrogen-bond donors (Lipinski definition) is 0. The maximum Gasteiger partial charge on any atom is 0.0602 e. The van der Waals surface area contributed by atoms with Gasteiger partial charge in [-0.3, -0.25) is 4.98 Å². The third-order valence-electron chi connectivity index (χ3n) is 3.97. The summed E-state index contributed by atoms with van der Waals surface area (Å²) >= 11 is 7.86.